The number of carbonyl (C=O) groups excluding carboxylic acids is 3. The van der Waals surface area contributed by atoms with Crippen LogP contribution in [-0.2, 0) is 11.3 Å². The zero-order valence-corrected chi connectivity index (χ0v) is 11.1. The summed E-state index contributed by atoms with van der Waals surface area (Å²) in [7, 11) is 0. The minimum atomic E-state index is -0.425. The van der Waals surface area contributed by atoms with Crippen LogP contribution in [0, 0.1) is 0 Å². The summed E-state index contributed by atoms with van der Waals surface area (Å²) in [6.45, 7) is 0.0576. The van der Waals surface area contributed by atoms with Gasteiger partial charge in [0.25, 0.3) is 11.8 Å². The highest BCUT2D eigenvalue weighted by molar-refractivity contribution is 6.22. The first-order chi connectivity index (χ1) is 10.2. The largest absolute Gasteiger partial charge is 0.364 e. The summed E-state index contributed by atoms with van der Waals surface area (Å²) < 4.78 is 0. The number of hydrogen-bond donors (Lipinski definition) is 2. The molecule has 3 rings (SSSR count). The predicted octanol–water partition coefficient (Wildman–Crippen LogP) is 0.927. The second-order valence-corrected chi connectivity index (χ2v) is 4.71. The summed E-state index contributed by atoms with van der Waals surface area (Å²) in [5.74, 6) is -1.23. The number of aromatic amines is 1. The van der Waals surface area contributed by atoms with E-state index in [1.165, 1.54) is 0 Å². The lowest BCUT2D eigenvalue weighted by Crippen LogP contribution is -2.40. The molecule has 6 nitrogen and oxygen atoms in total. The van der Waals surface area contributed by atoms with Crippen molar-refractivity contribution < 1.29 is 14.4 Å². The van der Waals surface area contributed by atoms with E-state index in [1.807, 2.05) is 12.1 Å². The minimum absolute atomic E-state index is 0.271. The highest BCUT2D eigenvalue weighted by atomic mass is 16.2. The maximum atomic E-state index is 12.1. The third kappa shape index (κ3) is 2.43. The van der Waals surface area contributed by atoms with Crippen molar-refractivity contribution >= 4 is 17.7 Å². The Morgan fingerprint density at radius 2 is 1.71 bits per heavy atom. The molecule has 21 heavy (non-hydrogen) atoms. The standard InChI is InChI=1S/C15H13N3O3/c19-13(17-8-10-4-3-7-16-10)9-18-14(20)11-5-1-2-6-12(11)15(18)21/h1-7,16H,8-9H2,(H,17,19). The summed E-state index contributed by atoms with van der Waals surface area (Å²) in [4.78, 5) is 40.0. The number of fused-ring (bicyclic) bond motifs is 1. The van der Waals surface area contributed by atoms with Crippen LogP contribution in [0.1, 0.15) is 26.4 Å². The maximum Gasteiger partial charge on any atom is 0.262 e. The van der Waals surface area contributed by atoms with E-state index >= 15 is 0 Å². The van der Waals surface area contributed by atoms with Crippen molar-refractivity contribution in [3.05, 3.63) is 59.4 Å². The fourth-order valence-electron chi connectivity index (χ4n) is 2.25. The molecular formula is C15H13N3O3. The Morgan fingerprint density at radius 3 is 2.29 bits per heavy atom. The van der Waals surface area contributed by atoms with E-state index < -0.39 is 11.8 Å². The van der Waals surface area contributed by atoms with Crippen LogP contribution in [0.2, 0.25) is 0 Å². The van der Waals surface area contributed by atoms with Gasteiger partial charge in [-0.05, 0) is 24.3 Å². The molecule has 1 aliphatic rings. The van der Waals surface area contributed by atoms with Gasteiger partial charge in [0, 0.05) is 11.9 Å². The van der Waals surface area contributed by atoms with Crippen LogP contribution in [0.25, 0.3) is 0 Å². The molecule has 3 amide bonds. The van der Waals surface area contributed by atoms with Crippen molar-refractivity contribution in [3.8, 4) is 0 Å². The summed E-state index contributed by atoms with van der Waals surface area (Å²) in [6, 6.07) is 10.2. The Bertz CT molecular complexity index is 672. The number of benzene rings is 1. The van der Waals surface area contributed by atoms with E-state index in [2.05, 4.69) is 10.3 Å². The van der Waals surface area contributed by atoms with E-state index in [0.717, 1.165) is 10.6 Å². The zero-order chi connectivity index (χ0) is 14.8. The number of aromatic nitrogens is 1. The van der Waals surface area contributed by atoms with Gasteiger partial charge >= 0.3 is 0 Å². The van der Waals surface area contributed by atoms with E-state index in [-0.39, 0.29) is 12.5 Å². The molecule has 106 valence electrons. The molecule has 2 aromatic rings. The molecule has 0 unspecified atom stereocenters. The Hall–Kier alpha value is -2.89. The number of rotatable bonds is 4. The Kier molecular flexibility index (Phi) is 3.27. The average molecular weight is 283 g/mol. The van der Waals surface area contributed by atoms with Crippen LogP contribution < -0.4 is 5.32 Å². The minimum Gasteiger partial charge on any atom is -0.364 e. The van der Waals surface area contributed by atoms with Gasteiger partial charge in [-0.15, -0.1) is 0 Å². The second kappa shape index (κ2) is 5.24. The third-order valence-electron chi connectivity index (χ3n) is 3.32. The number of carbonyl (C=O) groups is 3. The number of nitrogens with one attached hydrogen (secondary N) is 2. The average Bonchev–Trinajstić information content (AvgIpc) is 3.09. The van der Waals surface area contributed by atoms with Crippen molar-refractivity contribution in [2.24, 2.45) is 0 Å². The molecule has 0 fully saturated rings. The van der Waals surface area contributed by atoms with Gasteiger partial charge in [-0.3, -0.25) is 19.3 Å². The topological polar surface area (TPSA) is 82.3 Å². The van der Waals surface area contributed by atoms with Gasteiger partial charge in [-0.25, -0.2) is 0 Å². The lowest BCUT2D eigenvalue weighted by molar-refractivity contribution is -0.121. The van der Waals surface area contributed by atoms with E-state index in [9.17, 15) is 14.4 Å². The fraction of sp³-hybridized carbons (Fsp3) is 0.133. The molecule has 0 aliphatic carbocycles. The first kappa shape index (κ1) is 13.1. The zero-order valence-electron chi connectivity index (χ0n) is 11.1. The molecule has 0 radical (unpaired) electrons. The molecule has 6 heteroatoms. The number of hydrogen-bond acceptors (Lipinski definition) is 3. The van der Waals surface area contributed by atoms with Crippen LogP contribution >= 0.6 is 0 Å². The van der Waals surface area contributed by atoms with Gasteiger partial charge < -0.3 is 10.3 Å². The van der Waals surface area contributed by atoms with E-state index in [1.54, 1.807) is 30.5 Å². The number of imide groups is 1. The lowest BCUT2D eigenvalue weighted by Gasteiger charge is -2.13. The molecule has 2 heterocycles. The monoisotopic (exact) mass is 283 g/mol. The van der Waals surface area contributed by atoms with Crippen LogP contribution in [-0.4, -0.2) is 34.2 Å². The van der Waals surface area contributed by atoms with Gasteiger partial charge in [0.15, 0.2) is 0 Å². The van der Waals surface area contributed by atoms with Crippen molar-refractivity contribution in [2.75, 3.05) is 6.54 Å². The molecule has 0 spiro atoms. The number of H-pyrrole nitrogens is 1. The van der Waals surface area contributed by atoms with Crippen LogP contribution in [0.3, 0.4) is 0 Å². The normalized spacial score (nSPS) is 13.4. The Balaban J connectivity index is 1.65. The van der Waals surface area contributed by atoms with E-state index in [0.29, 0.717) is 17.7 Å². The quantitative estimate of drug-likeness (QED) is 0.819. The number of amides is 3. The molecule has 1 aromatic carbocycles. The molecule has 2 N–H and O–H groups in total. The van der Waals surface area contributed by atoms with Crippen molar-refractivity contribution in [3.63, 3.8) is 0 Å². The SMILES string of the molecule is O=C(CN1C(=O)c2ccccc2C1=O)NCc1ccc[nH]1. The molecule has 0 bridgehead atoms. The molecule has 1 aromatic heterocycles. The lowest BCUT2D eigenvalue weighted by atomic mass is 10.1. The molecule has 0 saturated heterocycles. The molecular weight excluding hydrogens is 270 g/mol. The van der Waals surface area contributed by atoms with E-state index in [4.69, 9.17) is 0 Å². The van der Waals surface area contributed by atoms with Gasteiger partial charge in [-0.1, -0.05) is 12.1 Å². The molecule has 0 saturated carbocycles. The van der Waals surface area contributed by atoms with Gasteiger partial charge in [0.05, 0.1) is 17.7 Å². The highest BCUT2D eigenvalue weighted by Gasteiger charge is 2.36. The first-order valence-electron chi connectivity index (χ1n) is 6.51. The van der Waals surface area contributed by atoms with Crippen LogP contribution in [0.5, 0.6) is 0 Å². The summed E-state index contributed by atoms with van der Waals surface area (Å²) in [5, 5.41) is 2.66. The molecule has 0 atom stereocenters. The fourth-order valence-corrected chi connectivity index (χ4v) is 2.25. The molecule has 1 aliphatic heterocycles. The van der Waals surface area contributed by atoms with Crippen LogP contribution in [0.4, 0.5) is 0 Å². The van der Waals surface area contributed by atoms with Crippen molar-refractivity contribution in [1.29, 1.82) is 0 Å². The van der Waals surface area contributed by atoms with Gasteiger partial charge in [0.2, 0.25) is 5.91 Å². The maximum absolute atomic E-state index is 12.1. The third-order valence-corrected chi connectivity index (χ3v) is 3.32. The van der Waals surface area contributed by atoms with Crippen LogP contribution in [0.15, 0.2) is 42.6 Å². The van der Waals surface area contributed by atoms with Crippen molar-refractivity contribution in [1.82, 2.24) is 15.2 Å². The van der Waals surface area contributed by atoms with Gasteiger partial charge in [-0.2, -0.15) is 0 Å². The predicted molar refractivity (Wildman–Crippen MR) is 74.4 cm³/mol. The summed E-state index contributed by atoms with van der Waals surface area (Å²) >= 11 is 0. The Morgan fingerprint density at radius 1 is 1.05 bits per heavy atom. The number of nitrogens with zero attached hydrogens (tertiary/aromatic N) is 1. The summed E-state index contributed by atoms with van der Waals surface area (Å²) in [6.07, 6.45) is 1.76. The first-order valence-corrected chi connectivity index (χ1v) is 6.51. The van der Waals surface area contributed by atoms with Gasteiger partial charge in [0.1, 0.15) is 6.54 Å². The second-order valence-electron chi connectivity index (χ2n) is 4.71. The smallest absolute Gasteiger partial charge is 0.262 e. The summed E-state index contributed by atoms with van der Waals surface area (Å²) in [5.41, 5.74) is 1.55. The van der Waals surface area contributed by atoms with Crippen molar-refractivity contribution in [2.45, 2.75) is 6.54 Å². The Labute approximate surface area is 120 Å². The highest BCUT2D eigenvalue weighted by Crippen LogP contribution is 2.21.